The third-order valence-corrected chi connectivity index (χ3v) is 5.33. The molecule has 0 saturated carbocycles. The van der Waals surface area contributed by atoms with Gasteiger partial charge in [0.15, 0.2) is 11.5 Å². The van der Waals surface area contributed by atoms with Crippen LogP contribution in [0.2, 0.25) is 0 Å². The molecule has 29 heavy (non-hydrogen) atoms. The first-order valence-corrected chi connectivity index (χ1v) is 9.41. The standard InChI is InChI=1S/C22H26N2O5/c1-27-19-10-16-8-9-24(13-14-4-6-15(7-5-14)22(23)26)18(12-21(25)29-3)17(16)11-20(19)28-2/h4-7,10-11,18H,8-9,12-13H2,1-3H3,(H2,23,26)/t18-/m1/s1. The molecule has 2 aromatic carbocycles. The van der Waals surface area contributed by atoms with Crippen LogP contribution in [0.5, 0.6) is 11.5 Å². The molecular weight excluding hydrogens is 372 g/mol. The summed E-state index contributed by atoms with van der Waals surface area (Å²) in [4.78, 5) is 25.7. The van der Waals surface area contributed by atoms with Crippen molar-refractivity contribution in [2.75, 3.05) is 27.9 Å². The monoisotopic (exact) mass is 398 g/mol. The van der Waals surface area contributed by atoms with E-state index in [9.17, 15) is 9.59 Å². The Balaban J connectivity index is 1.93. The van der Waals surface area contributed by atoms with Crippen molar-refractivity contribution in [1.82, 2.24) is 4.90 Å². The summed E-state index contributed by atoms with van der Waals surface area (Å²) in [5.41, 5.74) is 9.00. The fourth-order valence-electron chi connectivity index (χ4n) is 3.76. The molecular formula is C22H26N2O5. The Labute approximate surface area is 170 Å². The van der Waals surface area contributed by atoms with Crippen LogP contribution < -0.4 is 15.2 Å². The first kappa shape index (κ1) is 20.7. The lowest BCUT2D eigenvalue weighted by atomic mass is 9.89. The quantitative estimate of drug-likeness (QED) is 0.721. The van der Waals surface area contributed by atoms with Crippen LogP contribution in [0.1, 0.15) is 39.5 Å². The summed E-state index contributed by atoms with van der Waals surface area (Å²) in [6.45, 7) is 1.41. The molecule has 1 aliphatic rings. The molecule has 3 rings (SSSR count). The zero-order chi connectivity index (χ0) is 21.0. The zero-order valence-electron chi connectivity index (χ0n) is 16.9. The van der Waals surface area contributed by atoms with Crippen LogP contribution in [0.25, 0.3) is 0 Å². The molecule has 2 aromatic rings. The first-order chi connectivity index (χ1) is 14.0. The number of hydrogen-bond donors (Lipinski definition) is 1. The summed E-state index contributed by atoms with van der Waals surface area (Å²) in [5.74, 6) is 0.590. The van der Waals surface area contributed by atoms with Crippen LogP contribution in [0, 0.1) is 0 Å². The fraction of sp³-hybridized carbons (Fsp3) is 0.364. The number of primary amides is 1. The largest absolute Gasteiger partial charge is 0.493 e. The highest BCUT2D eigenvalue weighted by Crippen LogP contribution is 2.40. The predicted molar refractivity (Wildman–Crippen MR) is 108 cm³/mol. The van der Waals surface area contributed by atoms with E-state index in [-0.39, 0.29) is 18.4 Å². The summed E-state index contributed by atoms with van der Waals surface area (Å²) in [6.07, 6.45) is 1.06. The summed E-state index contributed by atoms with van der Waals surface area (Å²) < 4.78 is 15.8. The molecule has 1 amide bonds. The maximum Gasteiger partial charge on any atom is 0.307 e. The lowest BCUT2D eigenvalue weighted by molar-refractivity contribution is -0.142. The Morgan fingerprint density at radius 3 is 2.31 bits per heavy atom. The molecule has 0 aliphatic carbocycles. The van der Waals surface area contributed by atoms with Crippen LogP contribution in [0.4, 0.5) is 0 Å². The van der Waals surface area contributed by atoms with E-state index in [1.165, 1.54) is 7.11 Å². The lowest BCUT2D eigenvalue weighted by Gasteiger charge is -2.37. The second kappa shape index (κ2) is 8.96. The molecule has 154 valence electrons. The van der Waals surface area contributed by atoms with Crippen molar-refractivity contribution < 1.29 is 23.8 Å². The van der Waals surface area contributed by atoms with Crippen LogP contribution in [0.15, 0.2) is 36.4 Å². The Kier molecular flexibility index (Phi) is 6.39. The minimum Gasteiger partial charge on any atom is -0.493 e. The van der Waals surface area contributed by atoms with Crippen molar-refractivity contribution in [2.24, 2.45) is 5.73 Å². The van der Waals surface area contributed by atoms with Gasteiger partial charge in [-0.3, -0.25) is 14.5 Å². The normalized spacial score (nSPS) is 16.0. The Morgan fingerprint density at radius 1 is 1.07 bits per heavy atom. The molecule has 0 radical (unpaired) electrons. The highest BCUT2D eigenvalue weighted by Gasteiger charge is 2.31. The lowest BCUT2D eigenvalue weighted by Crippen LogP contribution is -2.36. The summed E-state index contributed by atoms with van der Waals surface area (Å²) in [6, 6.07) is 11.0. The summed E-state index contributed by atoms with van der Waals surface area (Å²) >= 11 is 0. The third kappa shape index (κ3) is 4.51. The second-order valence-electron chi connectivity index (χ2n) is 6.98. The van der Waals surface area contributed by atoms with E-state index in [0.717, 1.165) is 29.7 Å². The SMILES string of the molecule is COC(=O)C[C@@H]1c2cc(OC)c(OC)cc2CCN1Cc1ccc(C(N)=O)cc1. The molecule has 7 heteroatoms. The molecule has 7 nitrogen and oxygen atoms in total. The molecule has 2 N–H and O–H groups in total. The van der Waals surface area contributed by atoms with Crippen molar-refractivity contribution >= 4 is 11.9 Å². The van der Waals surface area contributed by atoms with Crippen molar-refractivity contribution in [3.63, 3.8) is 0 Å². The molecule has 0 fully saturated rings. The second-order valence-corrected chi connectivity index (χ2v) is 6.98. The molecule has 1 heterocycles. The summed E-state index contributed by atoms with van der Waals surface area (Å²) in [7, 11) is 4.61. The van der Waals surface area contributed by atoms with Crippen LogP contribution in [-0.4, -0.2) is 44.7 Å². The van der Waals surface area contributed by atoms with E-state index in [0.29, 0.717) is 23.6 Å². The molecule has 0 spiro atoms. The molecule has 1 atom stereocenters. The first-order valence-electron chi connectivity index (χ1n) is 9.41. The van der Waals surface area contributed by atoms with Gasteiger partial charge in [0.25, 0.3) is 0 Å². The van der Waals surface area contributed by atoms with Gasteiger partial charge in [0, 0.05) is 24.7 Å². The Hall–Kier alpha value is -3.06. The number of ether oxygens (including phenoxy) is 3. The molecule has 0 bridgehead atoms. The van der Waals surface area contributed by atoms with E-state index in [1.54, 1.807) is 26.4 Å². The number of hydrogen-bond acceptors (Lipinski definition) is 6. The number of carbonyl (C=O) groups is 2. The highest BCUT2D eigenvalue weighted by atomic mass is 16.5. The smallest absolute Gasteiger partial charge is 0.307 e. The maximum atomic E-state index is 12.1. The number of nitrogens with zero attached hydrogens (tertiary/aromatic N) is 1. The minimum atomic E-state index is -0.451. The van der Waals surface area contributed by atoms with E-state index >= 15 is 0 Å². The maximum absolute atomic E-state index is 12.1. The minimum absolute atomic E-state index is 0.151. The highest BCUT2D eigenvalue weighted by molar-refractivity contribution is 5.92. The molecule has 0 unspecified atom stereocenters. The van der Waals surface area contributed by atoms with E-state index in [2.05, 4.69) is 4.90 Å². The van der Waals surface area contributed by atoms with Gasteiger partial charge in [0.2, 0.25) is 5.91 Å². The van der Waals surface area contributed by atoms with Gasteiger partial charge in [-0.15, -0.1) is 0 Å². The average Bonchev–Trinajstić information content (AvgIpc) is 2.74. The van der Waals surface area contributed by atoms with Crippen molar-refractivity contribution in [3.8, 4) is 11.5 Å². The van der Waals surface area contributed by atoms with E-state index in [1.807, 2.05) is 24.3 Å². The Bertz CT molecular complexity index is 895. The van der Waals surface area contributed by atoms with E-state index < -0.39 is 5.91 Å². The van der Waals surface area contributed by atoms with E-state index in [4.69, 9.17) is 19.9 Å². The predicted octanol–water partition coefficient (Wildman–Crippen LogP) is 2.47. The number of esters is 1. The van der Waals surface area contributed by atoms with Gasteiger partial charge in [0.1, 0.15) is 0 Å². The van der Waals surface area contributed by atoms with Crippen LogP contribution in [-0.2, 0) is 22.5 Å². The van der Waals surface area contributed by atoms with Crippen LogP contribution in [0.3, 0.4) is 0 Å². The van der Waals surface area contributed by atoms with Gasteiger partial charge in [-0.2, -0.15) is 0 Å². The average molecular weight is 398 g/mol. The van der Waals surface area contributed by atoms with Gasteiger partial charge in [-0.25, -0.2) is 0 Å². The van der Waals surface area contributed by atoms with Gasteiger partial charge in [0.05, 0.1) is 27.8 Å². The van der Waals surface area contributed by atoms with Crippen molar-refractivity contribution in [3.05, 3.63) is 58.7 Å². The molecule has 0 aromatic heterocycles. The van der Waals surface area contributed by atoms with Gasteiger partial charge in [-0.1, -0.05) is 12.1 Å². The number of fused-ring (bicyclic) bond motifs is 1. The number of amides is 1. The number of carbonyl (C=O) groups excluding carboxylic acids is 2. The topological polar surface area (TPSA) is 91.1 Å². The molecule has 1 aliphatic heterocycles. The van der Waals surface area contributed by atoms with Crippen molar-refractivity contribution in [1.29, 1.82) is 0 Å². The zero-order valence-corrected chi connectivity index (χ0v) is 16.9. The number of nitrogens with two attached hydrogens (primary N) is 1. The number of benzene rings is 2. The summed E-state index contributed by atoms with van der Waals surface area (Å²) in [5, 5.41) is 0. The molecule has 0 saturated heterocycles. The van der Waals surface area contributed by atoms with Gasteiger partial charge in [-0.05, 0) is 47.4 Å². The van der Waals surface area contributed by atoms with Crippen LogP contribution >= 0.6 is 0 Å². The van der Waals surface area contributed by atoms with Gasteiger partial charge >= 0.3 is 5.97 Å². The third-order valence-electron chi connectivity index (χ3n) is 5.33. The fourth-order valence-corrected chi connectivity index (χ4v) is 3.76. The number of rotatable bonds is 7. The van der Waals surface area contributed by atoms with Gasteiger partial charge < -0.3 is 19.9 Å². The Morgan fingerprint density at radius 2 is 1.72 bits per heavy atom. The number of methoxy groups -OCH3 is 3. The van der Waals surface area contributed by atoms with Crippen molar-refractivity contribution in [2.45, 2.75) is 25.4 Å².